The standard InChI is InChI=1S/C9H18O/c1-3-5-6-7-9-8(4-2)10-9/h8-9H,3-7H2,1-2H3/t8-,9?/m0/s1. The molecule has 1 unspecified atom stereocenters. The van der Waals surface area contributed by atoms with Crippen LogP contribution in [0.15, 0.2) is 0 Å². The van der Waals surface area contributed by atoms with Crippen molar-refractivity contribution in [3.8, 4) is 0 Å². The van der Waals surface area contributed by atoms with Gasteiger partial charge < -0.3 is 4.74 Å². The van der Waals surface area contributed by atoms with Gasteiger partial charge in [-0.1, -0.05) is 33.1 Å². The van der Waals surface area contributed by atoms with Gasteiger partial charge in [-0.05, 0) is 12.8 Å². The predicted molar refractivity (Wildman–Crippen MR) is 43.1 cm³/mol. The summed E-state index contributed by atoms with van der Waals surface area (Å²) >= 11 is 0. The van der Waals surface area contributed by atoms with Crippen molar-refractivity contribution in [3.05, 3.63) is 0 Å². The largest absolute Gasteiger partial charge is 0.370 e. The van der Waals surface area contributed by atoms with Gasteiger partial charge in [-0.25, -0.2) is 0 Å². The van der Waals surface area contributed by atoms with E-state index in [0.717, 1.165) is 0 Å². The van der Waals surface area contributed by atoms with Crippen molar-refractivity contribution in [2.24, 2.45) is 0 Å². The van der Waals surface area contributed by atoms with Crippen molar-refractivity contribution in [3.63, 3.8) is 0 Å². The van der Waals surface area contributed by atoms with Gasteiger partial charge in [0.1, 0.15) is 0 Å². The molecule has 0 N–H and O–H groups in total. The molecule has 0 bridgehead atoms. The van der Waals surface area contributed by atoms with Gasteiger partial charge >= 0.3 is 0 Å². The highest BCUT2D eigenvalue weighted by Gasteiger charge is 2.35. The Kier molecular flexibility index (Phi) is 3.20. The van der Waals surface area contributed by atoms with E-state index < -0.39 is 0 Å². The van der Waals surface area contributed by atoms with Crippen molar-refractivity contribution in [1.82, 2.24) is 0 Å². The average molecular weight is 142 g/mol. The van der Waals surface area contributed by atoms with Gasteiger partial charge in [0.2, 0.25) is 0 Å². The van der Waals surface area contributed by atoms with Crippen LogP contribution in [0.4, 0.5) is 0 Å². The molecule has 0 amide bonds. The van der Waals surface area contributed by atoms with Crippen LogP contribution < -0.4 is 0 Å². The van der Waals surface area contributed by atoms with Gasteiger partial charge in [-0.2, -0.15) is 0 Å². The van der Waals surface area contributed by atoms with Crippen LogP contribution in [0.3, 0.4) is 0 Å². The molecule has 0 radical (unpaired) electrons. The molecule has 1 nitrogen and oxygen atoms in total. The van der Waals surface area contributed by atoms with Crippen LogP contribution in [0.5, 0.6) is 0 Å². The third-order valence-electron chi connectivity index (χ3n) is 2.18. The minimum Gasteiger partial charge on any atom is -0.370 e. The summed E-state index contributed by atoms with van der Waals surface area (Å²) in [5.74, 6) is 0. The summed E-state index contributed by atoms with van der Waals surface area (Å²) in [4.78, 5) is 0. The van der Waals surface area contributed by atoms with E-state index in [4.69, 9.17) is 4.74 Å². The molecule has 10 heavy (non-hydrogen) atoms. The molecule has 0 aromatic carbocycles. The lowest BCUT2D eigenvalue weighted by Crippen LogP contribution is -1.91. The molecule has 1 heteroatoms. The van der Waals surface area contributed by atoms with Crippen LogP contribution in [0.1, 0.15) is 46.0 Å². The van der Waals surface area contributed by atoms with Gasteiger partial charge in [0.25, 0.3) is 0 Å². The van der Waals surface area contributed by atoms with Crippen molar-refractivity contribution in [1.29, 1.82) is 0 Å². The number of hydrogen-bond acceptors (Lipinski definition) is 1. The molecule has 1 aliphatic heterocycles. The van der Waals surface area contributed by atoms with E-state index >= 15 is 0 Å². The Labute approximate surface area is 63.8 Å². The monoisotopic (exact) mass is 142 g/mol. The lowest BCUT2D eigenvalue weighted by atomic mass is 10.1. The Hall–Kier alpha value is -0.0400. The van der Waals surface area contributed by atoms with Gasteiger partial charge in [0.15, 0.2) is 0 Å². The van der Waals surface area contributed by atoms with E-state index in [1.54, 1.807) is 0 Å². The highest BCUT2D eigenvalue weighted by Crippen LogP contribution is 2.29. The van der Waals surface area contributed by atoms with E-state index in [9.17, 15) is 0 Å². The highest BCUT2D eigenvalue weighted by atomic mass is 16.6. The Bertz CT molecular complexity index is 90.7. The van der Waals surface area contributed by atoms with Crippen LogP contribution >= 0.6 is 0 Å². The molecule has 0 saturated carbocycles. The lowest BCUT2D eigenvalue weighted by Gasteiger charge is -1.92. The van der Waals surface area contributed by atoms with Crippen LogP contribution in [-0.4, -0.2) is 12.2 Å². The average Bonchev–Trinajstić information content (AvgIpc) is 2.68. The second-order valence-corrected chi connectivity index (χ2v) is 3.12. The molecule has 1 heterocycles. The van der Waals surface area contributed by atoms with Gasteiger partial charge in [-0.15, -0.1) is 0 Å². The smallest absolute Gasteiger partial charge is 0.0841 e. The Morgan fingerprint density at radius 1 is 1.10 bits per heavy atom. The SMILES string of the molecule is CCCCCC1O[C@H]1CC. The van der Waals surface area contributed by atoms with Crippen molar-refractivity contribution in [2.75, 3.05) is 0 Å². The minimum atomic E-state index is 0.622. The second-order valence-electron chi connectivity index (χ2n) is 3.12. The van der Waals surface area contributed by atoms with Crippen molar-refractivity contribution in [2.45, 2.75) is 58.2 Å². The molecule has 0 aromatic heterocycles. The maximum atomic E-state index is 5.41. The van der Waals surface area contributed by atoms with Crippen molar-refractivity contribution < 1.29 is 4.74 Å². The molecule has 1 rings (SSSR count). The van der Waals surface area contributed by atoms with E-state index in [-0.39, 0.29) is 0 Å². The van der Waals surface area contributed by atoms with Crippen LogP contribution in [0.2, 0.25) is 0 Å². The normalized spacial score (nSPS) is 30.6. The summed E-state index contributed by atoms with van der Waals surface area (Å²) in [7, 11) is 0. The first kappa shape index (κ1) is 8.06. The summed E-state index contributed by atoms with van der Waals surface area (Å²) in [5, 5.41) is 0. The summed E-state index contributed by atoms with van der Waals surface area (Å²) in [6.07, 6.45) is 7.81. The molecule has 60 valence electrons. The fourth-order valence-electron chi connectivity index (χ4n) is 1.39. The van der Waals surface area contributed by atoms with Crippen LogP contribution in [-0.2, 0) is 4.74 Å². The summed E-state index contributed by atoms with van der Waals surface area (Å²) in [5.41, 5.74) is 0. The van der Waals surface area contributed by atoms with Crippen LogP contribution in [0, 0.1) is 0 Å². The van der Waals surface area contributed by atoms with E-state index in [1.807, 2.05) is 0 Å². The molecular weight excluding hydrogens is 124 g/mol. The minimum absolute atomic E-state index is 0.622. The predicted octanol–water partition coefficient (Wildman–Crippen LogP) is 2.74. The maximum Gasteiger partial charge on any atom is 0.0841 e. The van der Waals surface area contributed by atoms with Crippen LogP contribution in [0.25, 0.3) is 0 Å². The Morgan fingerprint density at radius 3 is 2.40 bits per heavy atom. The third kappa shape index (κ3) is 2.30. The van der Waals surface area contributed by atoms with E-state index in [0.29, 0.717) is 12.2 Å². The topological polar surface area (TPSA) is 12.5 Å². The number of rotatable bonds is 5. The fourth-order valence-corrected chi connectivity index (χ4v) is 1.39. The molecule has 1 fully saturated rings. The molecule has 0 aromatic rings. The zero-order chi connectivity index (χ0) is 7.40. The summed E-state index contributed by atoms with van der Waals surface area (Å²) in [6, 6.07) is 0. The molecule has 0 spiro atoms. The van der Waals surface area contributed by atoms with Gasteiger partial charge in [0.05, 0.1) is 12.2 Å². The molecular formula is C9H18O. The molecule has 2 atom stereocenters. The maximum absolute atomic E-state index is 5.41. The first-order valence-electron chi connectivity index (χ1n) is 4.54. The fraction of sp³-hybridized carbons (Fsp3) is 1.00. The zero-order valence-electron chi connectivity index (χ0n) is 7.10. The van der Waals surface area contributed by atoms with Gasteiger partial charge in [-0.3, -0.25) is 0 Å². The lowest BCUT2D eigenvalue weighted by molar-refractivity contribution is 0.355. The number of ether oxygens (including phenoxy) is 1. The molecule has 0 aliphatic carbocycles. The zero-order valence-corrected chi connectivity index (χ0v) is 7.10. The van der Waals surface area contributed by atoms with E-state index in [1.165, 1.54) is 32.1 Å². The molecule has 1 saturated heterocycles. The summed E-state index contributed by atoms with van der Waals surface area (Å²) in [6.45, 7) is 4.44. The van der Waals surface area contributed by atoms with Crippen molar-refractivity contribution >= 4 is 0 Å². The number of epoxide rings is 1. The quantitative estimate of drug-likeness (QED) is 0.425. The van der Waals surface area contributed by atoms with E-state index in [2.05, 4.69) is 13.8 Å². The first-order chi connectivity index (χ1) is 4.88. The highest BCUT2D eigenvalue weighted by molar-refractivity contribution is 4.82. The number of hydrogen-bond donors (Lipinski definition) is 0. The summed E-state index contributed by atoms with van der Waals surface area (Å²) < 4.78 is 5.41. The Morgan fingerprint density at radius 2 is 1.90 bits per heavy atom. The third-order valence-corrected chi connectivity index (χ3v) is 2.18. The van der Waals surface area contributed by atoms with Gasteiger partial charge in [0, 0.05) is 0 Å². The Balaban J connectivity index is 1.87. The number of unbranched alkanes of at least 4 members (excludes halogenated alkanes) is 2. The molecule has 1 aliphatic rings. The second kappa shape index (κ2) is 3.97. The first-order valence-corrected chi connectivity index (χ1v) is 4.54.